The third-order valence-corrected chi connectivity index (χ3v) is 4.55. The molecule has 0 aliphatic heterocycles. The number of nitrogens with zero attached hydrogens (tertiary/aromatic N) is 1. The SMILES string of the molecule is CCCNC(Cc1ccc(F)c(F)c1)C(C)(CC)N(C)C. The molecule has 0 bridgehead atoms. The second-order valence-corrected chi connectivity index (χ2v) is 6.06. The molecule has 2 unspecified atom stereocenters. The molecule has 0 aliphatic rings. The highest BCUT2D eigenvalue weighted by Gasteiger charge is 2.34. The highest BCUT2D eigenvalue weighted by atomic mass is 19.2. The largest absolute Gasteiger partial charge is 0.312 e. The van der Waals surface area contributed by atoms with Crippen LogP contribution in [0.3, 0.4) is 0 Å². The molecule has 0 heterocycles. The molecule has 21 heavy (non-hydrogen) atoms. The van der Waals surface area contributed by atoms with Crippen molar-refractivity contribution < 1.29 is 8.78 Å². The van der Waals surface area contributed by atoms with Gasteiger partial charge in [-0.25, -0.2) is 8.78 Å². The fraction of sp³-hybridized carbons (Fsp3) is 0.647. The van der Waals surface area contributed by atoms with E-state index in [0.717, 1.165) is 24.9 Å². The average Bonchev–Trinajstić information content (AvgIpc) is 2.46. The summed E-state index contributed by atoms with van der Waals surface area (Å²) in [6.07, 6.45) is 2.70. The molecule has 0 saturated heterocycles. The fourth-order valence-electron chi connectivity index (χ4n) is 2.61. The van der Waals surface area contributed by atoms with Crippen molar-refractivity contribution in [2.45, 2.75) is 51.6 Å². The van der Waals surface area contributed by atoms with Crippen molar-refractivity contribution in [3.63, 3.8) is 0 Å². The van der Waals surface area contributed by atoms with E-state index in [2.05, 4.69) is 45.1 Å². The van der Waals surface area contributed by atoms with E-state index in [0.29, 0.717) is 6.42 Å². The lowest BCUT2D eigenvalue weighted by molar-refractivity contribution is 0.112. The molecule has 0 fully saturated rings. The predicted molar refractivity (Wildman–Crippen MR) is 84.5 cm³/mol. The summed E-state index contributed by atoms with van der Waals surface area (Å²) in [6.45, 7) is 7.41. The monoisotopic (exact) mass is 298 g/mol. The maximum Gasteiger partial charge on any atom is 0.159 e. The normalized spacial score (nSPS) is 16.0. The van der Waals surface area contributed by atoms with Gasteiger partial charge in [-0.15, -0.1) is 0 Å². The molecular formula is C17H28F2N2. The highest BCUT2D eigenvalue weighted by Crippen LogP contribution is 2.24. The van der Waals surface area contributed by atoms with Crippen LogP contribution in [-0.4, -0.2) is 37.1 Å². The smallest absolute Gasteiger partial charge is 0.159 e. The zero-order valence-corrected chi connectivity index (χ0v) is 13.8. The molecule has 0 amide bonds. The van der Waals surface area contributed by atoms with Crippen LogP contribution in [0.1, 0.15) is 39.2 Å². The Kier molecular flexibility index (Phi) is 6.75. The maximum absolute atomic E-state index is 13.4. The van der Waals surface area contributed by atoms with E-state index in [4.69, 9.17) is 0 Å². The molecule has 0 saturated carbocycles. The molecule has 120 valence electrons. The molecule has 2 nitrogen and oxygen atoms in total. The van der Waals surface area contributed by atoms with Gasteiger partial charge >= 0.3 is 0 Å². The fourth-order valence-corrected chi connectivity index (χ4v) is 2.61. The van der Waals surface area contributed by atoms with Crippen molar-refractivity contribution in [2.75, 3.05) is 20.6 Å². The minimum Gasteiger partial charge on any atom is -0.312 e. The van der Waals surface area contributed by atoms with Crippen LogP contribution in [-0.2, 0) is 6.42 Å². The van der Waals surface area contributed by atoms with Gasteiger partial charge in [-0.05, 0) is 64.5 Å². The topological polar surface area (TPSA) is 15.3 Å². The number of benzene rings is 1. The minimum absolute atomic E-state index is 0.0416. The lowest BCUT2D eigenvalue weighted by atomic mass is 9.84. The second-order valence-electron chi connectivity index (χ2n) is 6.06. The van der Waals surface area contributed by atoms with Gasteiger partial charge in [0.25, 0.3) is 0 Å². The van der Waals surface area contributed by atoms with Gasteiger partial charge in [-0.1, -0.05) is 19.9 Å². The molecule has 1 rings (SSSR count). The van der Waals surface area contributed by atoms with E-state index in [1.54, 1.807) is 6.07 Å². The van der Waals surface area contributed by atoms with Gasteiger partial charge in [0.1, 0.15) is 0 Å². The molecule has 1 aromatic rings. The summed E-state index contributed by atoms with van der Waals surface area (Å²) in [4.78, 5) is 2.21. The first kappa shape index (κ1) is 18.1. The van der Waals surface area contributed by atoms with E-state index in [1.807, 2.05) is 0 Å². The molecule has 1 N–H and O–H groups in total. The summed E-state index contributed by atoms with van der Waals surface area (Å²) in [6, 6.07) is 4.37. The molecule has 4 heteroatoms. The molecule has 0 radical (unpaired) electrons. The summed E-state index contributed by atoms with van der Waals surface area (Å²) in [7, 11) is 4.13. The third-order valence-electron chi connectivity index (χ3n) is 4.55. The second kappa shape index (κ2) is 7.85. The number of hydrogen-bond acceptors (Lipinski definition) is 2. The van der Waals surface area contributed by atoms with Crippen LogP contribution in [0.2, 0.25) is 0 Å². The Bertz CT molecular complexity index is 448. The van der Waals surface area contributed by atoms with E-state index in [-0.39, 0.29) is 11.6 Å². The van der Waals surface area contributed by atoms with Crippen molar-refractivity contribution in [1.29, 1.82) is 0 Å². The van der Waals surface area contributed by atoms with Crippen molar-refractivity contribution in [3.05, 3.63) is 35.4 Å². The zero-order valence-electron chi connectivity index (χ0n) is 13.8. The summed E-state index contributed by atoms with van der Waals surface area (Å²) >= 11 is 0. The minimum atomic E-state index is -0.789. The average molecular weight is 298 g/mol. The molecule has 0 aliphatic carbocycles. The van der Waals surface area contributed by atoms with E-state index < -0.39 is 11.6 Å². The molecule has 0 spiro atoms. The maximum atomic E-state index is 13.4. The Hall–Kier alpha value is -1.00. The highest BCUT2D eigenvalue weighted by molar-refractivity contribution is 5.20. The Balaban J connectivity index is 2.99. The van der Waals surface area contributed by atoms with E-state index in [1.165, 1.54) is 12.1 Å². The third kappa shape index (κ3) is 4.48. The van der Waals surface area contributed by atoms with Crippen molar-refractivity contribution in [3.8, 4) is 0 Å². The summed E-state index contributed by atoms with van der Waals surface area (Å²) < 4.78 is 26.5. The molecule has 2 atom stereocenters. The summed E-state index contributed by atoms with van der Waals surface area (Å²) in [5, 5.41) is 3.57. The molecule has 1 aromatic carbocycles. The van der Waals surface area contributed by atoms with Gasteiger partial charge < -0.3 is 10.2 Å². The van der Waals surface area contributed by atoms with E-state index >= 15 is 0 Å². The first-order valence-electron chi connectivity index (χ1n) is 7.69. The van der Waals surface area contributed by atoms with Crippen LogP contribution in [0.5, 0.6) is 0 Å². The van der Waals surface area contributed by atoms with Crippen LogP contribution < -0.4 is 5.32 Å². The Morgan fingerprint density at radius 2 is 1.86 bits per heavy atom. The standard InChI is InChI=1S/C17H28F2N2/c1-6-10-20-16(17(3,7-2)21(4)5)12-13-8-9-14(18)15(19)11-13/h8-9,11,16,20H,6-7,10,12H2,1-5H3. The zero-order chi connectivity index (χ0) is 16.0. The van der Waals surface area contributed by atoms with Gasteiger partial charge in [0.2, 0.25) is 0 Å². The quantitative estimate of drug-likeness (QED) is 0.789. The van der Waals surface area contributed by atoms with Crippen molar-refractivity contribution in [1.82, 2.24) is 10.2 Å². The van der Waals surface area contributed by atoms with Crippen LogP contribution in [0.4, 0.5) is 8.78 Å². The number of hydrogen-bond donors (Lipinski definition) is 1. The Morgan fingerprint density at radius 1 is 1.19 bits per heavy atom. The van der Waals surface area contributed by atoms with Gasteiger partial charge in [-0.3, -0.25) is 0 Å². The number of halogens is 2. The van der Waals surface area contributed by atoms with Gasteiger partial charge in [-0.2, -0.15) is 0 Å². The van der Waals surface area contributed by atoms with Crippen LogP contribution >= 0.6 is 0 Å². The molecule has 0 aromatic heterocycles. The van der Waals surface area contributed by atoms with Crippen LogP contribution in [0.25, 0.3) is 0 Å². The van der Waals surface area contributed by atoms with Gasteiger partial charge in [0.15, 0.2) is 11.6 Å². The summed E-state index contributed by atoms with van der Waals surface area (Å²) in [5.41, 5.74) is 0.782. The van der Waals surface area contributed by atoms with Crippen molar-refractivity contribution >= 4 is 0 Å². The van der Waals surface area contributed by atoms with E-state index in [9.17, 15) is 8.78 Å². The van der Waals surface area contributed by atoms with Crippen LogP contribution in [0, 0.1) is 11.6 Å². The number of nitrogens with one attached hydrogen (secondary N) is 1. The van der Waals surface area contributed by atoms with Crippen LogP contribution in [0.15, 0.2) is 18.2 Å². The predicted octanol–water partition coefficient (Wildman–Crippen LogP) is 3.61. The first-order valence-corrected chi connectivity index (χ1v) is 7.69. The number of rotatable bonds is 8. The first-order chi connectivity index (χ1) is 9.85. The van der Waals surface area contributed by atoms with Gasteiger partial charge in [0.05, 0.1) is 0 Å². The summed E-state index contributed by atoms with van der Waals surface area (Å²) in [5.74, 6) is -1.56. The Labute approximate surface area is 127 Å². The van der Waals surface area contributed by atoms with Gasteiger partial charge in [0, 0.05) is 11.6 Å². The molecular weight excluding hydrogens is 270 g/mol. The van der Waals surface area contributed by atoms with Crippen molar-refractivity contribution in [2.24, 2.45) is 0 Å². The Morgan fingerprint density at radius 3 is 2.33 bits per heavy atom. The number of likely N-dealkylation sites (N-methyl/N-ethyl adjacent to an activating group) is 1. The lowest BCUT2D eigenvalue weighted by Crippen LogP contribution is -2.58. The lowest BCUT2D eigenvalue weighted by Gasteiger charge is -2.43.